The van der Waals surface area contributed by atoms with E-state index in [1.165, 1.54) is 0 Å². The van der Waals surface area contributed by atoms with Crippen LogP contribution in [0.4, 0.5) is 5.69 Å². The van der Waals surface area contributed by atoms with Crippen LogP contribution in [0.2, 0.25) is 0 Å². The van der Waals surface area contributed by atoms with Gasteiger partial charge >= 0.3 is 0 Å². The summed E-state index contributed by atoms with van der Waals surface area (Å²) in [7, 11) is 0. The normalized spacial score (nSPS) is 10.8. The number of anilines is 1. The van der Waals surface area contributed by atoms with Crippen molar-refractivity contribution in [1.29, 1.82) is 5.26 Å². The van der Waals surface area contributed by atoms with Gasteiger partial charge in [0.1, 0.15) is 0 Å². The number of hydrogen-bond acceptors (Lipinski definition) is 3. The predicted molar refractivity (Wildman–Crippen MR) is 80.8 cm³/mol. The average molecular weight is 280 g/mol. The Morgan fingerprint density at radius 1 is 1.19 bits per heavy atom. The Labute approximate surface area is 123 Å². The lowest BCUT2D eigenvalue weighted by Gasteiger charge is -2.18. The minimum absolute atomic E-state index is 0.281. The van der Waals surface area contributed by atoms with Gasteiger partial charge in [-0.2, -0.15) is 5.26 Å². The van der Waals surface area contributed by atoms with Crippen LogP contribution in [0.15, 0.2) is 48.5 Å². The molecule has 0 spiro atoms. The van der Waals surface area contributed by atoms with E-state index in [1.807, 2.05) is 6.07 Å². The molecule has 2 rings (SSSR count). The number of carbonyl (C=O) groups excluding carboxylic acids is 1. The number of nitriles is 1. The van der Waals surface area contributed by atoms with Crippen molar-refractivity contribution in [2.45, 2.75) is 19.4 Å². The molecule has 2 aromatic carbocycles. The molecule has 0 aromatic heterocycles. The predicted octanol–water partition coefficient (Wildman–Crippen LogP) is 3.04. The van der Waals surface area contributed by atoms with Crippen molar-refractivity contribution < 1.29 is 9.90 Å². The maximum atomic E-state index is 12.2. The third-order valence-corrected chi connectivity index (χ3v) is 3.08. The third-order valence-electron chi connectivity index (χ3n) is 3.08. The van der Waals surface area contributed by atoms with Gasteiger partial charge in [0.25, 0.3) is 5.91 Å². The van der Waals surface area contributed by atoms with E-state index in [4.69, 9.17) is 5.26 Å². The van der Waals surface area contributed by atoms with Crippen LogP contribution in [0.3, 0.4) is 0 Å². The summed E-state index contributed by atoms with van der Waals surface area (Å²) in [5.41, 5.74) is 1.17. The van der Waals surface area contributed by atoms with Crippen LogP contribution in [0.1, 0.15) is 35.3 Å². The van der Waals surface area contributed by atoms with Gasteiger partial charge in [-0.05, 0) is 49.7 Å². The van der Waals surface area contributed by atoms with Gasteiger partial charge in [-0.15, -0.1) is 0 Å². The summed E-state index contributed by atoms with van der Waals surface area (Å²) in [6.07, 6.45) is 0. The highest BCUT2D eigenvalue weighted by atomic mass is 16.3. The third kappa shape index (κ3) is 3.68. The molecule has 0 atom stereocenters. The number of hydrogen-bond donors (Lipinski definition) is 2. The van der Waals surface area contributed by atoms with Crippen molar-refractivity contribution in [1.82, 2.24) is 0 Å². The fourth-order valence-electron chi connectivity index (χ4n) is 1.91. The topological polar surface area (TPSA) is 73.1 Å². The summed E-state index contributed by atoms with van der Waals surface area (Å²) in [4.78, 5) is 12.2. The van der Waals surface area contributed by atoms with Crippen LogP contribution in [0.25, 0.3) is 0 Å². The van der Waals surface area contributed by atoms with Crippen molar-refractivity contribution in [3.8, 4) is 6.07 Å². The van der Waals surface area contributed by atoms with Crippen LogP contribution < -0.4 is 5.32 Å². The number of nitrogens with one attached hydrogen (secondary N) is 1. The molecule has 106 valence electrons. The van der Waals surface area contributed by atoms with Crippen molar-refractivity contribution in [2.75, 3.05) is 5.32 Å². The number of rotatable bonds is 3. The molecule has 1 amide bonds. The monoisotopic (exact) mass is 280 g/mol. The van der Waals surface area contributed by atoms with Gasteiger partial charge in [-0.25, -0.2) is 0 Å². The Kier molecular flexibility index (Phi) is 4.06. The lowest BCUT2D eigenvalue weighted by molar-refractivity contribution is 0.0785. The standard InChI is InChI=1S/C17H16N2O2/c1-17(2,21)14-7-4-6-13(10-14)16(20)19-15-8-3-5-12(9-15)11-18/h3-10,21H,1-2H3,(H,19,20). The largest absolute Gasteiger partial charge is 0.386 e. The first kappa shape index (κ1) is 14.8. The Bertz CT molecular complexity index is 709. The molecule has 4 nitrogen and oxygen atoms in total. The molecule has 0 aliphatic carbocycles. The van der Waals surface area contributed by atoms with Crippen LogP contribution in [0, 0.1) is 11.3 Å². The molecule has 0 aliphatic heterocycles. The molecule has 0 saturated heterocycles. The Morgan fingerprint density at radius 2 is 1.90 bits per heavy atom. The van der Waals surface area contributed by atoms with Crippen LogP contribution >= 0.6 is 0 Å². The first-order valence-electron chi connectivity index (χ1n) is 6.54. The fraction of sp³-hybridized carbons (Fsp3) is 0.176. The smallest absolute Gasteiger partial charge is 0.255 e. The first-order valence-corrected chi connectivity index (χ1v) is 6.54. The second kappa shape index (κ2) is 5.78. The average Bonchev–Trinajstić information content (AvgIpc) is 2.46. The first-order chi connectivity index (χ1) is 9.90. The zero-order valence-corrected chi connectivity index (χ0v) is 11.9. The van der Waals surface area contributed by atoms with Crippen LogP contribution in [-0.2, 0) is 5.60 Å². The van der Waals surface area contributed by atoms with Gasteiger partial charge in [0.2, 0.25) is 0 Å². The van der Waals surface area contributed by atoms with Crippen molar-refractivity contribution in [3.05, 3.63) is 65.2 Å². The van der Waals surface area contributed by atoms with Gasteiger partial charge < -0.3 is 10.4 Å². The number of nitrogens with zero attached hydrogens (tertiary/aromatic N) is 1. The van der Waals surface area contributed by atoms with Crippen molar-refractivity contribution in [3.63, 3.8) is 0 Å². The zero-order valence-electron chi connectivity index (χ0n) is 11.9. The van der Waals surface area contributed by atoms with Gasteiger partial charge in [-0.3, -0.25) is 4.79 Å². The molecule has 2 aromatic rings. The molecule has 0 radical (unpaired) electrons. The summed E-state index contributed by atoms with van der Waals surface area (Å²) in [5, 5.41) is 21.6. The number of benzene rings is 2. The molecule has 0 saturated carbocycles. The molecule has 0 aliphatic rings. The van der Waals surface area contributed by atoms with Crippen LogP contribution in [-0.4, -0.2) is 11.0 Å². The summed E-state index contributed by atoms with van der Waals surface area (Å²) >= 11 is 0. The molecule has 0 heterocycles. The summed E-state index contributed by atoms with van der Waals surface area (Å²) < 4.78 is 0. The quantitative estimate of drug-likeness (QED) is 0.907. The lowest BCUT2D eigenvalue weighted by atomic mass is 9.96. The number of amides is 1. The van der Waals surface area contributed by atoms with Gasteiger partial charge in [0, 0.05) is 11.3 Å². The summed E-state index contributed by atoms with van der Waals surface area (Å²) in [6, 6.07) is 15.6. The lowest BCUT2D eigenvalue weighted by Crippen LogP contribution is -2.18. The molecule has 0 bridgehead atoms. The molecule has 0 fully saturated rings. The van der Waals surface area contributed by atoms with E-state index >= 15 is 0 Å². The Hall–Kier alpha value is -2.64. The number of aliphatic hydroxyl groups is 1. The molecule has 4 heteroatoms. The maximum Gasteiger partial charge on any atom is 0.255 e. The fourth-order valence-corrected chi connectivity index (χ4v) is 1.91. The second-order valence-corrected chi connectivity index (χ2v) is 5.29. The maximum absolute atomic E-state index is 12.2. The second-order valence-electron chi connectivity index (χ2n) is 5.29. The molecular formula is C17H16N2O2. The van der Waals surface area contributed by atoms with Gasteiger partial charge in [-0.1, -0.05) is 18.2 Å². The minimum atomic E-state index is -1.00. The highest BCUT2D eigenvalue weighted by molar-refractivity contribution is 6.04. The molecule has 21 heavy (non-hydrogen) atoms. The van der Waals surface area contributed by atoms with E-state index in [-0.39, 0.29) is 5.91 Å². The van der Waals surface area contributed by atoms with Crippen LogP contribution in [0.5, 0.6) is 0 Å². The SMILES string of the molecule is CC(C)(O)c1cccc(C(=O)Nc2cccc(C#N)c2)c1. The molecule has 2 N–H and O–H groups in total. The van der Waals surface area contributed by atoms with E-state index in [1.54, 1.807) is 62.4 Å². The van der Waals surface area contributed by atoms with Crippen molar-refractivity contribution in [2.24, 2.45) is 0 Å². The highest BCUT2D eigenvalue weighted by Crippen LogP contribution is 2.21. The van der Waals surface area contributed by atoms with E-state index in [9.17, 15) is 9.90 Å². The van der Waals surface area contributed by atoms with Gasteiger partial charge in [0.15, 0.2) is 0 Å². The van der Waals surface area contributed by atoms with E-state index in [0.717, 1.165) is 0 Å². The van der Waals surface area contributed by atoms with E-state index in [2.05, 4.69) is 5.32 Å². The summed E-state index contributed by atoms with van der Waals surface area (Å²) in [5.74, 6) is -0.281. The number of carbonyl (C=O) groups is 1. The highest BCUT2D eigenvalue weighted by Gasteiger charge is 2.17. The Balaban J connectivity index is 2.23. The summed E-state index contributed by atoms with van der Waals surface area (Å²) in [6.45, 7) is 3.33. The minimum Gasteiger partial charge on any atom is -0.386 e. The van der Waals surface area contributed by atoms with Gasteiger partial charge in [0.05, 0.1) is 17.2 Å². The zero-order chi connectivity index (χ0) is 15.5. The molecular weight excluding hydrogens is 264 g/mol. The van der Waals surface area contributed by atoms with E-state index in [0.29, 0.717) is 22.4 Å². The van der Waals surface area contributed by atoms with E-state index < -0.39 is 5.60 Å². The van der Waals surface area contributed by atoms with Crippen molar-refractivity contribution >= 4 is 11.6 Å². The Morgan fingerprint density at radius 3 is 2.57 bits per heavy atom. The molecule has 0 unspecified atom stereocenters.